The first-order chi connectivity index (χ1) is 45.6. The molecule has 0 bridgehead atoms. The summed E-state index contributed by atoms with van der Waals surface area (Å²) in [7, 11) is 0. The highest BCUT2D eigenvalue weighted by Gasteiger charge is 2.51. The minimum atomic E-state index is -1.78. The highest BCUT2D eigenvalue weighted by atomic mass is 16.7. The number of amides is 1. The fraction of sp³-hybridized carbons (Fsp3) is 0.962. The van der Waals surface area contributed by atoms with Crippen LogP contribution in [-0.2, 0) is 23.7 Å². The van der Waals surface area contributed by atoms with E-state index in [1.165, 1.54) is 315 Å². The van der Waals surface area contributed by atoms with E-state index in [4.69, 9.17) is 18.9 Å². The molecular weight excluding hydrogens is 1170 g/mol. The zero-order chi connectivity index (χ0) is 67.3. The molecule has 12 unspecified atom stereocenters. The quantitative estimate of drug-likeness (QED) is 0.0204. The molecule has 0 aromatic carbocycles. The zero-order valence-electron chi connectivity index (χ0n) is 60.5. The first kappa shape index (κ1) is 87.8. The van der Waals surface area contributed by atoms with Crippen LogP contribution in [0.15, 0.2) is 12.2 Å². The lowest BCUT2D eigenvalue weighted by molar-refractivity contribution is -0.359. The molecule has 0 aromatic heterocycles. The molecule has 0 spiro atoms. The van der Waals surface area contributed by atoms with Crippen LogP contribution in [0.1, 0.15) is 393 Å². The Morgan fingerprint density at radius 1 is 0.376 bits per heavy atom. The van der Waals surface area contributed by atoms with Gasteiger partial charge in [-0.1, -0.05) is 360 Å². The fourth-order valence-electron chi connectivity index (χ4n) is 13.8. The molecule has 2 fully saturated rings. The maximum absolute atomic E-state index is 13.4. The number of carbonyl (C=O) groups is 1. The maximum atomic E-state index is 13.4. The topological polar surface area (TPSA) is 228 Å². The van der Waals surface area contributed by atoms with Crippen molar-refractivity contribution in [1.29, 1.82) is 0 Å². The van der Waals surface area contributed by atoms with Gasteiger partial charge in [0.15, 0.2) is 12.6 Å². The van der Waals surface area contributed by atoms with E-state index in [2.05, 4.69) is 31.3 Å². The smallest absolute Gasteiger partial charge is 0.220 e. The summed E-state index contributed by atoms with van der Waals surface area (Å²) < 4.78 is 23.0. The number of ether oxygens (including phenoxy) is 4. The van der Waals surface area contributed by atoms with Crippen LogP contribution in [0.3, 0.4) is 0 Å². The summed E-state index contributed by atoms with van der Waals surface area (Å²) in [5.74, 6) is -0.196. The first-order valence-corrected chi connectivity index (χ1v) is 40.4. The van der Waals surface area contributed by atoms with Crippen molar-refractivity contribution in [3.8, 4) is 0 Å². The van der Waals surface area contributed by atoms with E-state index in [1.54, 1.807) is 0 Å². The van der Waals surface area contributed by atoms with Gasteiger partial charge in [0, 0.05) is 6.42 Å². The van der Waals surface area contributed by atoms with Crippen molar-refractivity contribution in [2.24, 2.45) is 0 Å². The van der Waals surface area contributed by atoms with Gasteiger partial charge < -0.3 is 65.1 Å². The number of unbranched alkanes of at least 4 members (excludes halogenated alkanes) is 54. The number of allylic oxidation sites excluding steroid dienone is 2. The highest BCUT2D eigenvalue weighted by Crippen LogP contribution is 2.30. The van der Waals surface area contributed by atoms with Crippen LogP contribution in [-0.4, -0.2) is 140 Å². The van der Waals surface area contributed by atoms with Crippen molar-refractivity contribution in [3.63, 3.8) is 0 Å². The minimum Gasteiger partial charge on any atom is -0.394 e. The summed E-state index contributed by atoms with van der Waals surface area (Å²) in [4.78, 5) is 13.4. The van der Waals surface area contributed by atoms with Gasteiger partial charge in [-0.3, -0.25) is 4.79 Å². The lowest BCUT2D eigenvalue weighted by Crippen LogP contribution is -2.65. The Labute approximate surface area is 571 Å². The third-order valence-corrected chi connectivity index (χ3v) is 20.2. The summed E-state index contributed by atoms with van der Waals surface area (Å²) in [6, 6.07) is -0.827. The van der Waals surface area contributed by atoms with Crippen molar-refractivity contribution in [2.75, 3.05) is 19.8 Å². The molecule has 9 N–H and O–H groups in total. The molecule has 0 aliphatic carbocycles. The Kier molecular flexibility index (Phi) is 60.6. The summed E-state index contributed by atoms with van der Waals surface area (Å²) in [6.45, 7) is 2.94. The summed E-state index contributed by atoms with van der Waals surface area (Å²) >= 11 is 0. The molecule has 2 aliphatic heterocycles. The van der Waals surface area contributed by atoms with Gasteiger partial charge in [0.2, 0.25) is 5.91 Å². The number of carbonyl (C=O) groups excluding carboxylic acids is 1. The van der Waals surface area contributed by atoms with Crippen molar-refractivity contribution < 1.29 is 64.6 Å². The molecule has 12 atom stereocenters. The van der Waals surface area contributed by atoms with E-state index in [0.717, 1.165) is 51.4 Å². The Morgan fingerprint density at radius 2 is 0.677 bits per heavy atom. The summed E-state index contributed by atoms with van der Waals surface area (Å²) in [5, 5.41) is 87.9. The van der Waals surface area contributed by atoms with Crippen LogP contribution in [0.4, 0.5) is 0 Å². The second-order valence-electron chi connectivity index (χ2n) is 28.9. The van der Waals surface area contributed by atoms with E-state index in [1.807, 2.05) is 0 Å². The van der Waals surface area contributed by atoms with Crippen molar-refractivity contribution in [3.05, 3.63) is 12.2 Å². The van der Waals surface area contributed by atoms with E-state index in [0.29, 0.717) is 12.8 Å². The van der Waals surface area contributed by atoms with Gasteiger partial charge >= 0.3 is 0 Å². The van der Waals surface area contributed by atoms with Crippen LogP contribution in [0.2, 0.25) is 0 Å². The number of aliphatic hydroxyl groups is 8. The molecule has 0 saturated carbocycles. The van der Waals surface area contributed by atoms with Crippen molar-refractivity contribution >= 4 is 5.91 Å². The number of hydrogen-bond acceptors (Lipinski definition) is 13. The van der Waals surface area contributed by atoms with Gasteiger partial charge in [-0.25, -0.2) is 0 Å². The Hall–Kier alpha value is -1.27. The average Bonchev–Trinajstić information content (AvgIpc) is 0.852. The second-order valence-corrected chi connectivity index (χ2v) is 28.9. The standard InChI is InChI=1S/C79H153NO13/c1-3-5-7-9-11-13-15-17-19-21-23-25-27-29-31-32-33-34-35-36-37-39-41-43-45-47-49-51-53-55-57-59-61-63-71(84)80-67(66-90-78-76(89)74(87)77(70(65-82)92-78)93-79-75(88)73(86)72(85)69(64-81)91-79)68(83)62-60-58-56-54-52-50-48-46-44-42-40-38-30-28-26-24-22-20-18-16-14-12-10-8-6-4-2/h21,23,67-70,72-79,81-83,85-89H,3-20,22,24-66H2,1-2H3,(H,80,84)/b23-21-. The fourth-order valence-corrected chi connectivity index (χ4v) is 13.8. The van der Waals surface area contributed by atoms with Crippen LogP contribution < -0.4 is 5.32 Å². The van der Waals surface area contributed by atoms with Crippen molar-refractivity contribution in [2.45, 2.75) is 466 Å². The molecule has 552 valence electrons. The lowest BCUT2D eigenvalue weighted by Gasteiger charge is -2.46. The second kappa shape index (κ2) is 64.1. The molecular formula is C79H153NO13. The number of nitrogens with one attached hydrogen (secondary N) is 1. The zero-order valence-corrected chi connectivity index (χ0v) is 60.5. The third kappa shape index (κ3) is 47.4. The van der Waals surface area contributed by atoms with Gasteiger partial charge in [0.1, 0.15) is 48.8 Å². The van der Waals surface area contributed by atoms with Crippen LogP contribution in [0, 0.1) is 0 Å². The summed E-state index contributed by atoms with van der Waals surface area (Å²) in [5.41, 5.74) is 0. The lowest BCUT2D eigenvalue weighted by atomic mass is 9.97. The Bertz CT molecular complexity index is 1610. The van der Waals surface area contributed by atoms with Gasteiger partial charge in [0.05, 0.1) is 32.0 Å². The van der Waals surface area contributed by atoms with Crippen LogP contribution in [0.25, 0.3) is 0 Å². The highest BCUT2D eigenvalue weighted by molar-refractivity contribution is 5.76. The van der Waals surface area contributed by atoms with E-state index in [-0.39, 0.29) is 12.5 Å². The van der Waals surface area contributed by atoms with E-state index < -0.39 is 86.8 Å². The molecule has 14 nitrogen and oxygen atoms in total. The monoisotopic (exact) mass is 1320 g/mol. The third-order valence-electron chi connectivity index (χ3n) is 20.2. The molecule has 0 radical (unpaired) electrons. The molecule has 1 amide bonds. The number of hydrogen-bond donors (Lipinski definition) is 9. The predicted octanol–water partition coefficient (Wildman–Crippen LogP) is 18.1. The van der Waals surface area contributed by atoms with Crippen LogP contribution in [0.5, 0.6) is 0 Å². The molecule has 14 heteroatoms. The normalized spacial score (nSPS) is 22.5. The molecule has 2 heterocycles. The first-order valence-electron chi connectivity index (χ1n) is 40.4. The van der Waals surface area contributed by atoms with Gasteiger partial charge in [-0.05, 0) is 38.5 Å². The molecule has 2 saturated heterocycles. The van der Waals surface area contributed by atoms with E-state index >= 15 is 0 Å². The van der Waals surface area contributed by atoms with Crippen LogP contribution >= 0.6 is 0 Å². The Balaban J connectivity index is 1.59. The summed E-state index contributed by atoms with van der Waals surface area (Å²) in [6.07, 6.45) is 64.0. The molecule has 0 aromatic rings. The molecule has 2 rings (SSSR count). The van der Waals surface area contributed by atoms with Gasteiger partial charge in [0.25, 0.3) is 0 Å². The largest absolute Gasteiger partial charge is 0.394 e. The van der Waals surface area contributed by atoms with E-state index in [9.17, 15) is 45.6 Å². The van der Waals surface area contributed by atoms with Gasteiger partial charge in [-0.15, -0.1) is 0 Å². The SMILES string of the molecule is CCCCCCCCCC/C=C\CCCCCCCCCCCCCCCCCCCCCCCC(=O)NC(COC1OC(CO)C(OC2OC(CO)C(O)C(O)C2O)C(O)C1O)C(O)CCCCCCCCCCCCCCCCCCCCCCCCCCCC. The van der Waals surface area contributed by atoms with Crippen molar-refractivity contribution in [1.82, 2.24) is 5.32 Å². The molecule has 2 aliphatic rings. The minimum absolute atomic E-state index is 0.196. The average molecular weight is 1330 g/mol. The molecule has 93 heavy (non-hydrogen) atoms. The maximum Gasteiger partial charge on any atom is 0.220 e. The number of aliphatic hydroxyl groups excluding tert-OH is 8. The Morgan fingerprint density at radius 3 is 1.02 bits per heavy atom. The van der Waals surface area contributed by atoms with Gasteiger partial charge in [-0.2, -0.15) is 0 Å². The predicted molar refractivity (Wildman–Crippen MR) is 383 cm³/mol. The number of rotatable bonds is 69.